The molecule has 1 atom stereocenters. The largest absolute Gasteiger partial charge is 0.370 e. The summed E-state index contributed by atoms with van der Waals surface area (Å²) in [5.41, 5.74) is 9.78. The second-order valence-electron chi connectivity index (χ2n) is 5.65. The minimum Gasteiger partial charge on any atom is -0.370 e. The Morgan fingerprint density at radius 3 is 2.53 bits per heavy atom. The number of anilines is 1. The highest BCUT2D eigenvalue weighted by atomic mass is 15.1. The fourth-order valence-corrected chi connectivity index (χ4v) is 1.83. The third-order valence-electron chi connectivity index (χ3n) is 3.54. The first-order chi connectivity index (χ1) is 7.88. The van der Waals surface area contributed by atoms with E-state index in [4.69, 9.17) is 5.73 Å². The van der Waals surface area contributed by atoms with E-state index in [0.29, 0.717) is 17.4 Å². The van der Waals surface area contributed by atoms with Crippen molar-refractivity contribution in [3.05, 3.63) is 29.3 Å². The van der Waals surface area contributed by atoms with Crippen LogP contribution >= 0.6 is 0 Å². The van der Waals surface area contributed by atoms with Gasteiger partial charge in [0.1, 0.15) is 0 Å². The number of benzene rings is 1. The predicted molar refractivity (Wildman–Crippen MR) is 73.3 cm³/mol. The Labute approximate surface area is 103 Å². The van der Waals surface area contributed by atoms with E-state index in [1.807, 2.05) is 6.07 Å². The Bertz CT molecular complexity index is 461. The Balaban J connectivity index is 2.03. The van der Waals surface area contributed by atoms with Crippen LogP contribution in [0.15, 0.2) is 23.2 Å². The van der Waals surface area contributed by atoms with Crippen molar-refractivity contribution in [2.75, 3.05) is 5.32 Å². The van der Waals surface area contributed by atoms with Crippen LogP contribution in [0.2, 0.25) is 0 Å². The maximum Gasteiger partial charge on any atom is 0.193 e. The Morgan fingerprint density at radius 2 is 2.00 bits per heavy atom. The molecule has 1 aromatic carbocycles. The molecule has 17 heavy (non-hydrogen) atoms. The van der Waals surface area contributed by atoms with Gasteiger partial charge in [-0.3, -0.25) is 0 Å². The van der Waals surface area contributed by atoms with Crippen molar-refractivity contribution in [2.24, 2.45) is 16.1 Å². The van der Waals surface area contributed by atoms with E-state index in [1.54, 1.807) is 0 Å². The van der Waals surface area contributed by atoms with Crippen molar-refractivity contribution in [2.45, 2.75) is 40.2 Å². The van der Waals surface area contributed by atoms with Gasteiger partial charge in [-0.25, -0.2) is 4.99 Å². The molecule has 0 heterocycles. The first kappa shape index (κ1) is 12.0. The third kappa shape index (κ3) is 2.78. The molecule has 0 unspecified atom stereocenters. The summed E-state index contributed by atoms with van der Waals surface area (Å²) >= 11 is 0. The Morgan fingerprint density at radius 1 is 1.35 bits per heavy atom. The molecule has 3 nitrogen and oxygen atoms in total. The molecule has 3 heteroatoms. The molecule has 1 aliphatic rings. The third-order valence-corrected chi connectivity index (χ3v) is 3.54. The molecule has 0 spiro atoms. The second-order valence-corrected chi connectivity index (χ2v) is 5.65. The highest BCUT2D eigenvalue weighted by Gasteiger charge is 2.45. The number of guanidine groups is 1. The zero-order valence-corrected chi connectivity index (χ0v) is 11.0. The summed E-state index contributed by atoms with van der Waals surface area (Å²) in [5, 5.41) is 3.15. The molecule has 0 radical (unpaired) electrons. The van der Waals surface area contributed by atoms with Gasteiger partial charge in [0.2, 0.25) is 0 Å². The average Bonchev–Trinajstić information content (AvgIpc) is 2.79. The van der Waals surface area contributed by atoms with Gasteiger partial charge in [-0.05, 0) is 48.9 Å². The SMILES string of the molecule is Cc1ccc(NC(N)=N[C@H]2CC2(C)C)cc1C. The molecule has 92 valence electrons. The van der Waals surface area contributed by atoms with Crippen molar-refractivity contribution in [1.29, 1.82) is 0 Å². The molecule has 1 aliphatic carbocycles. The molecule has 2 rings (SSSR count). The van der Waals surface area contributed by atoms with Gasteiger partial charge in [-0.15, -0.1) is 0 Å². The Kier molecular flexibility index (Phi) is 2.86. The van der Waals surface area contributed by atoms with Crippen LogP contribution in [0.25, 0.3) is 0 Å². The van der Waals surface area contributed by atoms with Crippen molar-refractivity contribution in [3.8, 4) is 0 Å². The zero-order chi connectivity index (χ0) is 12.6. The molecule has 0 aliphatic heterocycles. The summed E-state index contributed by atoms with van der Waals surface area (Å²) in [6, 6.07) is 6.59. The van der Waals surface area contributed by atoms with Crippen molar-refractivity contribution < 1.29 is 0 Å². The van der Waals surface area contributed by atoms with Crippen LogP contribution in [0.3, 0.4) is 0 Å². The molecule has 1 aromatic rings. The van der Waals surface area contributed by atoms with E-state index in [9.17, 15) is 0 Å². The van der Waals surface area contributed by atoms with Crippen LogP contribution in [-0.2, 0) is 0 Å². The lowest BCUT2D eigenvalue weighted by Crippen LogP contribution is -2.23. The van der Waals surface area contributed by atoms with Gasteiger partial charge in [0.05, 0.1) is 6.04 Å². The lowest BCUT2D eigenvalue weighted by Gasteiger charge is -2.08. The van der Waals surface area contributed by atoms with Crippen LogP contribution in [0.5, 0.6) is 0 Å². The number of hydrogen-bond acceptors (Lipinski definition) is 1. The van der Waals surface area contributed by atoms with Crippen molar-refractivity contribution in [1.82, 2.24) is 0 Å². The topological polar surface area (TPSA) is 50.4 Å². The first-order valence-electron chi connectivity index (χ1n) is 6.06. The lowest BCUT2D eigenvalue weighted by atomic mass is 10.1. The highest BCUT2D eigenvalue weighted by molar-refractivity contribution is 5.92. The summed E-state index contributed by atoms with van der Waals surface area (Å²) in [6.07, 6.45) is 1.13. The number of nitrogens with zero attached hydrogens (tertiary/aromatic N) is 1. The summed E-state index contributed by atoms with van der Waals surface area (Å²) < 4.78 is 0. The van der Waals surface area contributed by atoms with Gasteiger partial charge >= 0.3 is 0 Å². The number of rotatable bonds is 2. The van der Waals surface area contributed by atoms with Crippen LogP contribution in [0.4, 0.5) is 5.69 Å². The minimum absolute atomic E-state index is 0.329. The van der Waals surface area contributed by atoms with Gasteiger partial charge in [-0.1, -0.05) is 19.9 Å². The molecule has 0 saturated heterocycles. The average molecular weight is 231 g/mol. The van der Waals surface area contributed by atoms with Crippen LogP contribution in [-0.4, -0.2) is 12.0 Å². The number of nitrogens with two attached hydrogens (primary N) is 1. The van der Waals surface area contributed by atoms with E-state index in [-0.39, 0.29) is 0 Å². The van der Waals surface area contributed by atoms with Crippen LogP contribution in [0, 0.1) is 19.3 Å². The fraction of sp³-hybridized carbons (Fsp3) is 0.500. The standard InChI is InChI=1S/C14H21N3/c1-9-5-6-11(7-10(9)2)16-13(15)17-12-8-14(12,3)4/h5-7,12H,8H2,1-4H3,(H3,15,16,17)/t12-/m0/s1. The molecule has 3 N–H and O–H groups in total. The fourth-order valence-electron chi connectivity index (χ4n) is 1.83. The number of nitrogens with one attached hydrogen (secondary N) is 1. The van der Waals surface area contributed by atoms with E-state index < -0.39 is 0 Å². The summed E-state index contributed by atoms with van der Waals surface area (Å²) in [4.78, 5) is 4.47. The maximum absolute atomic E-state index is 5.89. The molecule has 1 fully saturated rings. The van der Waals surface area contributed by atoms with E-state index >= 15 is 0 Å². The maximum atomic E-state index is 5.89. The monoisotopic (exact) mass is 231 g/mol. The predicted octanol–water partition coefficient (Wildman–Crippen LogP) is 2.83. The van der Waals surface area contributed by atoms with Gasteiger partial charge in [0, 0.05) is 5.69 Å². The molecule has 1 saturated carbocycles. The summed E-state index contributed by atoms with van der Waals surface area (Å²) in [5.74, 6) is 0.517. The van der Waals surface area contributed by atoms with Gasteiger partial charge in [-0.2, -0.15) is 0 Å². The van der Waals surface area contributed by atoms with E-state index in [2.05, 4.69) is 50.1 Å². The van der Waals surface area contributed by atoms with Crippen molar-refractivity contribution in [3.63, 3.8) is 0 Å². The first-order valence-corrected chi connectivity index (χ1v) is 6.06. The number of hydrogen-bond donors (Lipinski definition) is 2. The number of aliphatic imine (C=N–C) groups is 1. The van der Waals surface area contributed by atoms with E-state index in [1.165, 1.54) is 11.1 Å². The minimum atomic E-state index is 0.329. The molecule has 0 amide bonds. The highest BCUT2D eigenvalue weighted by Crippen LogP contribution is 2.47. The quantitative estimate of drug-likeness (QED) is 0.607. The summed E-state index contributed by atoms with van der Waals surface area (Å²) in [7, 11) is 0. The van der Waals surface area contributed by atoms with Gasteiger partial charge < -0.3 is 11.1 Å². The smallest absolute Gasteiger partial charge is 0.193 e. The zero-order valence-electron chi connectivity index (χ0n) is 11.0. The second kappa shape index (κ2) is 4.06. The molecular weight excluding hydrogens is 210 g/mol. The van der Waals surface area contributed by atoms with Crippen LogP contribution < -0.4 is 11.1 Å². The molecular formula is C14H21N3. The Hall–Kier alpha value is -1.51. The molecule has 0 bridgehead atoms. The van der Waals surface area contributed by atoms with Gasteiger partial charge in [0.15, 0.2) is 5.96 Å². The summed E-state index contributed by atoms with van der Waals surface area (Å²) in [6.45, 7) is 8.62. The normalized spacial score (nSPS) is 22.4. The lowest BCUT2D eigenvalue weighted by molar-refractivity contribution is 0.618. The van der Waals surface area contributed by atoms with E-state index in [0.717, 1.165) is 12.1 Å². The van der Waals surface area contributed by atoms with Crippen molar-refractivity contribution >= 4 is 11.6 Å². The van der Waals surface area contributed by atoms with Crippen LogP contribution in [0.1, 0.15) is 31.4 Å². The van der Waals surface area contributed by atoms with Gasteiger partial charge in [0.25, 0.3) is 0 Å². The molecule has 0 aromatic heterocycles. The number of aryl methyl sites for hydroxylation is 2.